The van der Waals surface area contributed by atoms with E-state index in [0.717, 1.165) is 44.9 Å². The number of aromatic nitrogens is 4. The number of carbonyl (C=O) groups excluding carboxylic acids is 1. The number of nitrogens with one attached hydrogen (secondary N) is 1. The highest BCUT2D eigenvalue weighted by Crippen LogP contribution is 2.25. The average molecular weight is 566 g/mol. The molecule has 0 spiro atoms. The van der Waals surface area contributed by atoms with Gasteiger partial charge in [-0.3, -0.25) is 14.8 Å². The molecule has 5 heterocycles. The smallest absolute Gasteiger partial charge is 0.251 e. The first kappa shape index (κ1) is 26.7. The Bertz CT molecular complexity index is 1900. The number of benzene rings is 1. The summed E-state index contributed by atoms with van der Waals surface area (Å²) in [6, 6.07) is 20.2. The molecule has 206 valence electrons. The number of rotatable bonds is 5. The minimum absolute atomic E-state index is 0.107. The van der Waals surface area contributed by atoms with E-state index < -0.39 is 9.84 Å². The lowest BCUT2D eigenvalue weighted by Crippen LogP contribution is -2.23. The van der Waals surface area contributed by atoms with Crippen LogP contribution >= 0.6 is 0 Å². The van der Waals surface area contributed by atoms with E-state index in [1.54, 1.807) is 18.3 Å². The Morgan fingerprint density at radius 3 is 2.51 bits per heavy atom. The molecule has 0 saturated heterocycles. The largest absolute Gasteiger partial charge is 0.376 e. The first-order valence-electron chi connectivity index (χ1n) is 13.2. The minimum atomic E-state index is -3.51. The number of aryl methyl sites for hydroxylation is 2. The highest BCUT2D eigenvalue weighted by molar-refractivity contribution is 7.91. The van der Waals surface area contributed by atoms with Crippen LogP contribution in [0.5, 0.6) is 0 Å². The molecule has 41 heavy (non-hydrogen) atoms. The Balaban J connectivity index is 1.22. The molecule has 0 saturated carbocycles. The quantitative estimate of drug-likeness (QED) is 0.328. The molecule has 1 aromatic carbocycles. The molecule has 1 aliphatic rings. The van der Waals surface area contributed by atoms with Crippen molar-refractivity contribution in [2.75, 3.05) is 12.4 Å². The number of hydrogen-bond acceptors (Lipinski definition) is 8. The molecular formula is C31H27N5O4S. The molecule has 0 atom stereocenters. The number of ether oxygens (including phenoxy) is 1. The van der Waals surface area contributed by atoms with Gasteiger partial charge in [0.15, 0.2) is 9.84 Å². The van der Waals surface area contributed by atoms with Crippen molar-refractivity contribution in [2.45, 2.75) is 31.9 Å². The molecule has 1 N–H and O–H groups in total. The molecule has 0 aliphatic carbocycles. The van der Waals surface area contributed by atoms with Crippen LogP contribution in [0.15, 0.2) is 77.8 Å². The van der Waals surface area contributed by atoms with E-state index in [1.165, 1.54) is 6.07 Å². The van der Waals surface area contributed by atoms with Crippen molar-refractivity contribution in [3.05, 3.63) is 101 Å². The van der Waals surface area contributed by atoms with Crippen LogP contribution in [0.4, 0.5) is 0 Å². The van der Waals surface area contributed by atoms with Crippen molar-refractivity contribution in [3.63, 3.8) is 0 Å². The van der Waals surface area contributed by atoms with Gasteiger partial charge in [0.05, 0.1) is 58.7 Å². The summed E-state index contributed by atoms with van der Waals surface area (Å²) in [6.45, 7) is 4.42. The topological polar surface area (TPSA) is 124 Å². The lowest BCUT2D eigenvalue weighted by molar-refractivity contribution is 0.0950. The van der Waals surface area contributed by atoms with Crippen molar-refractivity contribution in [3.8, 4) is 22.6 Å². The SMILES string of the molecule is Cc1cc(-c2cccc(-c3ccc4cnc(CNC(=O)c5ccc6c(c5)S(=O)(=O)CCOC6)cc4n3)n2)cc(C)n1. The van der Waals surface area contributed by atoms with E-state index in [4.69, 9.17) is 14.7 Å². The van der Waals surface area contributed by atoms with Crippen LogP contribution in [0, 0.1) is 13.8 Å². The van der Waals surface area contributed by atoms with E-state index in [0.29, 0.717) is 11.3 Å². The third kappa shape index (κ3) is 5.70. The second-order valence-electron chi connectivity index (χ2n) is 9.99. The maximum atomic E-state index is 12.9. The van der Waals surface area contributed by atoms with Crippen molar-refractivity contribution < 1.29 is 17.9 Å². The summed E-state index contributed by atoms with van der Waals surface area (Å²) in [7, 11) is -3.51. The van der Waals surface area contributed by atoms with Gasteiger partial charge in [-0.2, -0.15) is 0 Å². The van der Waals surface area contributed by atoms with Crippen molar-refractivity contribution >= 4 is 26.6 Å². The fraction of sp³-hybridized carbons (Fsp3) is 0.194. The predicted octanol–water partition coefficient (Wildman–Crippen LogP) is 4.60. The minimum Gasteiger partial charge on any atom is -0.376 e. The van der Waals surface area contributed by atoms with Gasteiger partial charge in [0.1, 0.15) is 0 Å². The van der Waals surface area contributed by atoms with Crippen LogP contribution in [-0.4, -0.2) is 46.6 Å². The second-order valence-corrected chi connectivity index (χ2v) is 12.1. The Morgan fingerprint density at radius 1 is 0.902 bits per heavy atom. The van der Waals surface area contributed by atoms with Crippen LogP contribution < -0.4 is 5.32 Å². The summed E-state index contributed by atoms with van der Waals surface area (Å²) >= 11 is 0. The number of sulfone groups is 1. The number of hydrogen-bond donors (Lipinski definition) is 1. The predicted molar refractivity (Wildman–Crippen MR) is 155 cm³/mol. The highest BCUT2D eigenvalue weighted by atomic mass is 32.2. The van der Waals surface area contributed by atoms with Gasteiger partial charge in [0.2, 0.25) is 0 Å². The molecular weight excluding hydrogens is 538 g/mol. The maximum Gasteiger partial charge on any atom is 0.251 e. The zero-order valence-corrected chi connectivity index (χ0v) is 23.4. The monoisotopic (exact) mass is 565 g/mol. The normalized spacial score (nSPS) is 14.3. The number of pyridine rings is 4. The summed E-state index contributed by atoms with van der Waals surface area (Å²) < 4.78 is 30.5. The van der Waals surface area contributed by atoms with Gasteiger partial charge >= 0.3 is 0 Å². The molecule has 0 bridgehead atoms. The summed E-state index contributed by atoms with van der Waals surface area (Å²) in [4.78, 5) is 31.6. The fourth-order valence-corrected chi connectivity index (χ4v) is 6.25. The first-order valence-corrected chi connectivity index (χ1v) is 14.8. The lowest BCUT2D eigenvalue weighted by atomic mass is 10.1. The van der Waals surface area contributed by atoms with Crippen molar-refractivity contribution in [1.82, 2.24) is 25.3 Å². The van der Waals surface area contributed by atoms with Crippen LogP contribution in [0.1, 0.15) is 33.0 Å². The van der Waals surface area contributed by atoms with Crippen LogP contribution in [0.25, 0.3) is 33.5 Å². The van der Waals surface area contributed by atoms with Gasteiger partial charge in [0.25, 0.3) is 5.91 Å². The number of fused-ring (bicyclic) bond motifs is 2. The Hall–Kier alpha value is -4.54. The molecule has 5 aromatic rings. The van der Waals surface area contributed by atoms with Gasteiger partial charge in [0, 0.05) is 34.1 Å². The molecule has 0 radical (unpaired) electrons. The molecule has 10 heteroatoms. The molecule has 6 rings (SSSR count). The van der Waals surface area contributed by atoms with E-state index >= 15 is 0 Å². The van der Waals surface area contributed by atoms with E-state index in [9.17, 15) is 13.2 Å². The maximum absolute atomic E-state index is 12.9. The summed E-state index contributed by atoms with van der Waals surface area (Å²) in [6.07, 6.45) is 1.72. The van der Waals surface area contributed by atoms with Crippen molar-refractivity contribution in [2.24, 2.45) is 0 Å². The summed E-state index contributed by atoms with van der Waals surface area (Å²) in [5.41, 5.74) is 7.34. The van der Waals surface area contributed by atoms with Crippen LogP contribution in [0.3, 0.4) is 0 Å². The van der Waals surface area contributed by atoms with Crippen LogP contribution in [-0.2, 0) is 27.7 Å². The zero-order chi connectivity index (χ0) is 28.6. The number of amides is 1. The standard InChI is InChI=1S/C31H27N5O4S/c1-19-12-24(13-20(2)34-19)26-4-3-5-27(35-26)28-9-8-22-16-32-25(15-29(22)36-28)17-33-31(37)21-6-7-23-18-40-10-11-41(38,39)30(23)14-21/h3-9,12-16H,10-11,17-18H2,1-2H3,(H,33,37). The molecule has 1 aliphatic heterocycles. The first-order chi connectivity index (χ1) is 19.7. The van der Waals surface area contributed by atoms with Crippen LogP contribution in [0.2, 0.25) is 0 Å². The average Bonchev–Trinajstić information content (AvgIpc) is 3.12. The second kappa shape index (κ2) is 10.8. The highest BCUT2D eigenvalue weighted by Gasteiger charge is 2.23. The number of nitrogens with zero attached hydrogens (tertiary/aromatic N) is 4. The summed E-state index contributed by atoms with van der Waals surface area (Å²) in [5, 5.41) is 3.70. The third-order valence-electron chi connectivity index (χ3n) is 6.87. The Morgan fingerprint density at radius 2 is 1.68 bits per heavy atom. The molecule has 9 nitrogen and oxygen atoms in total. The lowest BCUT2D eigenvalue weighted by Gasteiger charge is -2.10. The third-order valence-corrected chi connectivity index (χ3v) is 8.62. The van der Waals surface area contributed by atoms with E-state index in [2.05, 4.69) is 15.3 Å². The summed E-state index contributed by atoms with van der Waals surface area (Å²) in [5.74, 6) is -0.497. The fourth-order valence-electron chi connectivity index (χ4n) is 4.86. The molecule has 1 amide bonds. The van der Waals surface area contributed by atoms with Gasteiger partial charge < -0.3 is 10.1 Å². The Kier molecular flexibility index (Phi) is 7.02. The Labute approximate surface area is 237 Å². The van der Waals surface area contributed by atoms with Gasteiger partial charge in [-0.25, -0.2) is 18.4 Å². The van der Waals surface area contributed by atoms with Crippen molar-refractivity contribution in [1.29, 1.82) is 0 Å². The molecule has 0 unspecified atom stereocenters. The number of carbonyl (C=O) groups is 1. The molecule has 4 aromatic heterocycles. The van der Waals surface area contributed by atoms with Gasteiger partial charge in [-0.05, 0) is 74.0 Å². The van der Waals surface area contributed by atoms with E-state index in [1.807, 2.05) is 62.4 Å². The van der Waals surface area contributed by atoms with Gasteiger partial charge in [-0.15, -0.1) is 0 Å². The zero-order valence-electron chi connectivity index (χ0n) is 22.6. The van der Waals surface area contributed by atoms with Gasteiger partial charge in [-0.1, -0.05) is 12.1 Å². The van der Waals surface area contributed by atoms with E-state index in [-0.39, 0.29) is 41.9 Å². The molecule has 0 fully saturated rings.